The van der Waals surface area contributed by atoms with E-state index in [0.29, 0.717) is 46.9 Å². The third-order valence-electron chi connectivity index (χ3n) is 5.07. The monoisotopic (exact) mass is 485 g/mol. The van der Waals surface area contributed by atoms with Crippen LogP contribution in [0.1, 0.15) is 36.5 Å². The summed E-state index contributed by atoms with van der Waals surface area (Å²) >= 11 is 6.62. The molecule has 8 heteroatoms. The van der Waals surface area contributed by atoms with Gasteiger partial charge in [0, 0.05) is 13.0 Å². The van der Waals surface area contributed by atoms with E-state index < -0.39 is 0 Å². The van der Waals surface area contributed by atoms with E-state index in [1.54, 1.807) is 20.1 Å². The zero-order valence-corrected chi connectivity index (χ0v) is 20.6. The molecule has 0 saturated carbocycles. The highest BCUT2D eigenvalue weighted by Gasteiger charge is 2.31. The van der Waals surface area contributed by atoms with Crippen LogP contribution in [-0.4, -0.2) is 41.4 Å². The molecule has 0 aromatic heterocycles. The van der Waals surface area contributed by atoms with E-state index >= 15 is 0 Å². The van der Waals surface area contributed by atoms with E-state index in [1.807, 2.05) is 49.4 Å². The van der Waals surface area contributed by atoms with E-state index in [9.17, 15) is 9.59 Å². The van der Waals surface area contributed by atoms with Crippen LogP contribution in [0.5, 0.6) is 11.5 Å². The number of carbonyl (C=O) groups excluding carboxylic acids is 2. The summed E-state index contributed by atoms with van der Waals surface area (Å²) in [7, 11) is 1.59. The standard InChI is InChI=1S/C25H27NO5S2/c1-4-30-23(27)10-7-13-26-24(28)22(33-25(26)32)15-18-11-12-20(21(14-18)29-3)31-16-19-9-6-5-8-17(19)2/h5-6,8-9,11-12,14-15H,4,7,10,13,16H2,1-3H3/b22-15-. The van der Waals surface area contributed by atoms with Gasteiger partial charge in [0.1, 0.15) is 10.9 Å². The summed E-state index contributed by atoms with van der Waals surface area (Å²) in [5.74, 6) is 0.787. The van der Waals surface area contributed by atoms with Crippen molar-refractivity contribution < 1.29 is 23.8 Å². The van der Waals surface area contributed by atoms with Crippen molar-refractivity contribution in [2.45, 2.75) is 33.3 Å². The molecule has 3 rings (SSSR count). The minimum atomic E-state index is -0.268. The maximum absolute atomic E-state index is 12.8. The molecule has 174 valence electrons. The number of benzene rings is 2. The smallest absolute Gasteiger partial charge is 0.305 e. The van der Waals surface area contributed by atoms with Gasteiger partial charge in [-0.1, -0.05) is 54.3 Å². The molecule has 2 aromatic carbocycles. The van der Waals surface area contributed by atoms with Gasteiger partial charge in [-0.3, -0.25) is 14.5 Å². The highest BCUT2D eigenvalue weighted by atomic mass is 32.2. The number of ether oxygens (including phenoxy) is 3. The molecule has 1 amide bonds. The van der Waals surface area contributed by atoms with Crippen LogP contribution in [0.4, 0.5) is 0 Å². The number of carbonyl (C=O) groups is 2. The molecule has 1 aliphatic rings. The second kappa shape index (κ2) is 11.9. The van der Waals surface area contributed by atoms with Crippen molar-refractivity contribution >= 4 is 46.3 Å². The molecule has 1 heterocycles. The Hall–Kier alpha value is -2.84. The summed E-state index contributed by atoms with van der Waals surface area (Å²) in [4.78, 5) is 26.4. The van der Waals surface area contributed by atoms with Gasteiger partial charge in [-0.25, -0.2) is 0 Å². The van der Waals surface area contributed by atoms with Gasteiger partial charge >= 0.3 is 5.97 Å². The fraction of sp³-hybridized carbons (Fsp3) is 0.320. The molecule has 1 fully saturated rings. The van der Waals surface area contributed by atoms with Crippen LogP contribution in [0, 0.1) is 6.92 Å². The maximum atomic E-state index is 12.8. The number of hydrogen-bond donors (Lipinski definition) is 0. The number of nitrogens with zero attached hydrogens (tertiary/aromatic N) is 1. The quantitative estimate of drug-likeness (QED) is 0.263. The Morgan fingerprint density at radius 1 is 1.18 bits per heavy atom. The fourth-order valence-corrected chi connectivity index (χ4v) is 4.59. The van der Waals surface area contributed by atoms with Gasteiger partial charge in [0.15, 0.2) is 11.5 Å². The lowest BCUT2D eigenvalue weighted by atomic mass is 10.1. The highest BCUT2D eigenvalue weighted by Crippen LogP contribution is 2.35. The Bertz CT molecular complexity index is 1070. The van der Waals surface area contributed by atoms with E-state index in [1.165, 1.54) is 16.7 Å². The summed E-state index contributed by atoms with van der Waals surface area (Å²) in [6.45, 7) is 4.99. The number of amides is 1. The SMILES string of the molecule is CCOC(=O)CCCN1C(=O)/C(=C/c2ccc(OCc3ccccc3C)c(OC)c2)SC1=S. The fourth-order valence-electron chi connectivity index (χ4n) is 3.28. The van der Waals surface area contributed by atoms with E-state index in [0.717, 1.165) is 16.7 Å². The van der Waals surface area contributed by atoms with Gasteiger partial charge in [-0.2, -0.15) is 0 Å². The van der Waals surface area contributed by atoms with Crippen molar-refractivity contribution in [2.24, 2.45) is 0 Å². The van der Waals surface area contributed by atoms with Crippen LogP contribution < -0.4 is 9.47 Å². The van der Waals surface area contributed by atoms with E-state index in [4.69, 9.17) is 26.4 Å². The molecular formula is C25H27NO5S2. The van der Waals surface area contributed by atoms with Gasteiger partial charge in [0.2, 0.25) is 0 Å². The number of aryl methyl sites for hydroxylation is 1. The Balaban J connectivity index is 1.66. The Kier molecular flexibility index (Phi) is 8.91. The first-order valence-electron chi connectivity index (χ1n) is 10.7. The largest absolute Gasteiger partial charge is 0.493 e. The zero-order valence-electron chi connectivity index (χ0n) is 19.0. The van der Waals surface area contributed by atoms with Crippen molar-refractivity contribution in [1.29, 1.82) is 0 Å². The third kappa shape index (κ3) is 6.58. The van der Waals surface area contributed by atoms with Crippen LogP contribution >= 0.6 is 24.0 Å². The van der Waals surface area contributed by atoms with Gasteiger partial charge < -0.3 is 14.2 Å². The normalized spacial score (nSPS) is 14.6. The predicted molar refractivity (Wildman–Crippen MR) is 134 cm³/mol. The molecule has 1 aliphatic heterocycles. The maximum Gasteiger partial charge on any atom is 0.305 e. The second-order valence-corrected chi connectivity index (χ2v) is 9.04. The van der Waals surface area contributed by atoms with Gasteiger partial charge in [-0.15, -0.1) is 0 Å². The average molecular weight is 486 g/mol. The topological polar surface area (TPSA) is 65.1 Å². The molecule has 2 aromatic rings. The van der Waals surface area contributed by atoms with Crippen molar-refractivity contribution in [3.05, 3.63) is 64.1 Å². The lowest BCUT2D eigenvalue weighted by molar-refractivity contribution is -0.143. The summed E-state index contributed by atoms with van der Waals surface area (Å²) in [5.41, 5.74) is 3.08. The highest BCUT2D eigenvalue weighted by molar-refractivity contribution is 8.26. The number of esters is 1. The second-order valence-electron chi connectivity index (χ2n) is 7.37. The van der Waals surface area contributed by atoms with Crippen molar-refractivity contribution in [3.63, 3.8) is 0 Å². The number of hydrogen-bond acceptors (Lipinski definition) is 7. The molecule has 0 radical (unpaired) electrons. The zero-order chi connectivity index (χ0) is 23.8. The Morgan fingerprint density at radius 3 is 2.70 bits per heavy atom. The van der Waals surface area contributed by atoms with Gasteiger partial charge in [0.05, 0.1) is 18.6 Å². The molecule has 0 spiro atoms. The van der Waals surface area contributed by atoms with Crippen LogP contribution in [0.2, 0.25) is 0 Å². The van der Waals surface area contributed by atoms with E-state index in [-0.39, 0.29) is 18.3 Å². The third-order valence-corrected chi connectivity index (χ3v) is 6.45. The van der Waals surface area contributed by atoms with Crippen LogP contribution in [0.3, 0.4) is 0 Å². The first kappa shape index (κ1) is 24.8. The van der Waals surface area contributed by atoms with E-state index in [2.05, 4.69) is 0 Å². The number of rotatable bonds is 10. The van der Waals surface area contributed by atoms with Crippen molar-refractivity contribution in [1.82, 2.24) is 4.90 Å². The minimum absolute atomic E-state index is 0.160. The number of methoxy groups -OCH3 is 1. The molecule has 0 atom stereocenters. The molecule has 0 bridgehead atoms. The molecule has 0 unspecified atom stereocenters. The summed E-state index contributed by atoms with van der Waals surface area (Å²) in [6, 6.07) is 13.6. The van der Waals surface area contributed by atoms with Crippen LogP contribution in [-0.2, 0) is 20.9 Å². The van der Waals surface area contributed by atoms with Crippen molar-refractivity contribution in [3.8, 4) is 11.5 Å². The molecule has 0 N–H and O–H groups in total. The minimum Gasteiger partial charge on any atom is -0.493 e. The predicted octanol–water partition coefficient (Wildman–Crippen LogP) is 5.13. The molecule has 1 saturated heterocycles. The average Bonchev–Trinajstić information content (AvgIpc) is 3.06. The number of thioether (sulfide) groups is 1. The Morgan fingerprint density at radius 2 is 1.97 bits per heavy atom. The molecule has 6 nitrogen and oxygen atoms in total. The molecule has 33 heavy (non-hydrogen) atoms. The lowest BCUT2D eigenvalue weighted by Crippen LogP contribution is -2.29. The molecule has 0 aliphatic carbocycles. The Labute approximate surface area is 203 Å². The summed E-state index contributed by atoms with van der Waals surface area (Å²) < 4.78 is 16.9. The number of thiocarbonyl (C=S) groups is 1. The summed E-state index contributed by atoms with van der Waals surface area (Å²) in [5, 5.41) is 0. The van der Waals surface area contributed by atoms with Gasteiger partial charge in [0.25, 0.3) is 5.91 Å². The van der Waals surface area contributed by atoms with Crippen LogP contribution in [0.15, 0.2) is 47.4 Å². The summed E-state index contributed by atoms with van der Waals surface area (Å²) in [6.07, 6.45) is 2.54. The van der Waals surface area contributed by atoms with Crippen LogP contribution in [0.25, 0.3) is 6.08 Å². The first-order chi connectivity index (χ1) is 15.9. The van der Waals surface area contributed by atoms with Gasteiger partial charge in [-0.05, 0) is 55.2 Å². The molecular weight excluding hydrogens is 458 g/mol. The lowest BCUT2D eigenvalue weighted by Gasteiger charge is -2.14. The van der Waals surface area contributed by atoms with Crippen molar-refractivity contribution in [2.75, 3.05) is 20.3 Å². The first-order valence-corrected chi connectivity index (χ1v) is 11.9.